The highest BCUT2D eigenvalue weighted by Gasteiger charge is 2.20. The number of hydrogen-bond acceptors (Lipinski definition) is 4. The first-order chi connectivity index (χ1) is 7.10. The van der Waals surface area contributed by atoms with Crippen molar-refractivity contribution in [1.29, 1.82) is 0 Å². The lowest BCUT2D eigenvalue weighted by molar-refractivity contribution is 0.261. The van der Waals surface area contributed by atoms with E-state index in [-0.39, 0.29) is 18.8 Å². The van der Waals surface area contributed by atoms with Gasteiger partial charge in [0, 0.05) is 6.54 Å². The Labute approximate surface area is 90.0 Å². The molecular formula is C11H18N2O2. The highest BCUT2D eigenvalue weighted by atomic mass is 16.3. The maximum atomic E-state index is 8.98. The minimum atomic E-state index is -0.298. The molecule has 0 atom stereocenters. The molecule has 0 aliphatic carbocycles. The molecule has 84 valence electrons. The Kier molecular flexibility index (Phi) is 4.20. The summed E-state index contributed by atoms with van der Waals surface area (Å²) in [6.45, 7) is 4.56. The van der Waals surface area contributed by atoms with E-state index in [0.29, 0.717) is 12.2 Å². The first kappa shape index (κ1) is 12.1. The molecule has 0 saturated carbocycles. The summed E-state index contributed by atoms with van der Waals surface area (Å²) in [6, 6.07) is 5.56. The lowest BCUT2D eigenvalue weighted by Crippen LogP contribution is -2.39. The maximum Gasteiger partial charge on any atom is 0.0853 e. The molecule has 3 N–H and O–H groups in total. The Balaban J connectivity index is 2.83. The van der Waals surface area contributed by atoms with Crippen molar-refractivity contribution in [2.75, 3.05) is 13.2 Å². The fourth-order valence-electron chi connectivity index (χ4n) is 1.37. The number of nitrogens with zero attached hydrogens (tertiary/aromatic N) is 1. The van der Waals surface area contributed by atoms with Crippen LogP contribution in [0.25, 0.3) is 0 Å². The molecule has 0 saturated heterocycles. The quantitative estimate of drug-likeness (QED) is 0.658. The molecule has 0 unspecified atom stereocenters. The molecule has 0 fully saturated rings. The summed E-state index contributed by atoms with van der Waals surface area (Å²) in [5, 5.41) is 20.9. The first-order valence-corrected chi connectivity index (χ1v) is 5.03. The van der Waals surface area contributed by atoms with Crippen LogP contribution in [0.4, 0.5) is 0 Å². The highest BCUT2D eigenvalue weighted by Crippen LogP contribution is 2.17. The fourth-order valence-corrected chi connectivity index (χ4v) is 1.37. The average Bonchev–Trinajstić information content (AvgIpc) is 2.26. The second-order valence-electron chi connectivity index (χ2n) is 3.95. The van der Waals surface area contributed by atoms with Gasteiger partial charge in [0.1, 0.15) is 0 Å². The summed E-state index contributed by atoms with van der Waals surface area (Å²) in [4.78, 5) is 4.32. The Morgan fingerprint density at radius 2 is 2.07 bits per heavy atom. The molecule has 1 aromatic heterocycles. The summed E-state index contributed by atoms with van der Waals surface area (Å²) in [6.07, 6.45) is 0. The second-order valence-corrected chi connectivity index (χ2v) is 3.95. The van der Waals surface area contributed by atoms with E-state index in [2.05, 4.69) is 10.3 Å². The zero-order valence-corrected chi connectivity index (χ0v) is 9.20. The van der Waals surface area contributed by atoms with Gasteiger partial charge in [-0.05, 0) is 26.0 Å². The van der Waals surface area contributed by atoms with Crippen molar-refractivity contribution < 1.29 is 10.2 Å². The molecule has 1 rings (SSSR count). The summed E-state index contributed by atoms with van der Waals surface area (Å²) < 4.78 is 0. The van der Waals surface area contributed by atoms with E-state index < -0.39 is 0 Å². The van der Waals surface area contributed by atoms with Gasteiger partial charge in [0.05, 0.1) is 30.1 Å². The van der Waals surface area contributed by atoms with Gasteiger partial charge in [-0.3, -0.25) is 4.98 Å². The molecule has 0 aliphatic rings. The van der Waals surface area contributed by atoms with Gasteiger partial charge >= 0.3 is 0 Å². The smallest absolute Gasteiger partial charge is 0.0853 e. The van der Waals surface area contributed by atoms with Crippen LogP contribution in [0.2, 0.25) is 0 Å². The van der Waals surface area contributed by atoms with E-state index in [9.17, 15) is 0 Å². The van der Waals surface area contributed by atoms with Crippen LogP contribution < -0.4 is 5.32 Å². The summed E-state index contributed by atoms with van der Waals surface area (Å²) in [7, 11) is 0. The summed E-state index contributed by atoms with van der Waals surface area (Å²) in [5.74, 6) is 0. The molecule has 0 spiro atoms. The van der Waals surface area contributed by atoms with Gasteiger partial charge in [-0.1, -0.05) is 6.07 Å². The predicted molar refractivity (Wildman–Crippen MR) is 58.3 cm³/mol. The number of pyridine rings is 1. The number of aromatic nitrogens is 1. The molecule has 0 bridgehead atoms. The van der Waals surface area contributed by atoms with Crippen LogP contribution in [0.5, 0.6) is 0 Å². The monoisotopic (exact) mass is 210 g/mol. The van der Waals surface area contributed by atoms with Gasteiger partial charge in [-0.2, -0.15) is 0 Å². The molecule has 0 radical (unpaired) electrons. The Morgan fingerprint density at radius 1 is 1.33 bits per heavy atom. The van der Waals surface area contributed by atoms with Crippen molar-refractivity contribution in [2.24, 2.45) is 0 Å². The van der Waals surface area contributed by atoms with E-state index in [0.717, 1.165) is 5.69 Å². The Morgan fingerprint density at radius 3 is 2.67 bits per heavy atom. The van der Waals surface area contributed by atoms with Crippen molar-refractivity contribution in [1.82, 2.24) is 10.3 Å². The van der Waals surface area contributed by atoms with Gasteiger partial charge in [-0.15, -0.1) is 0 Å². The van der Waals surface area contributed by atoms with Crippen LogP contribution in [0.15, 0.2) is 18.2 Å². The van der Waals surface area contributed by atoms with Crippen molar-refractivity contribution >= 4 is 0 Å². The summed E-state index contributed by atoms with van der Waals surface area (Å²) in [5.41, 5.74) is 1.22. The topological polar surface area (TPSA) is 65.4 Å². The van der Waals surface area contributed by atoms with E-state index in [1.54, 1.807) is 6.07 Å². The molecule has 1 aromatic rings. The van der Waals surface area contributed by atoms with Crippen LogP contribution in [-0.2, 0) is 12.1 Å². The minimum absolute atomic E-state index is 0.0517. The number of nitrogens with one attached hydrogen (secondary N) is 1. The fraction of sp³-hybridized carbons (Fsp3) is 0.545. The van der Waals surface area contributed by atoms with Crippen molar-refractivity contribution in [3.63, 3.8) is 0 Å². The van der Waals surface area contributed by atoms with Crippen LogP contribution >= 0.6 is 0 Å². The number of aliphatic hydroxyl groups is 2. The van der Waals surface area contributed by atoms with Gasteiger partial charge in [-0.25, -0.2) is 0 Å². The predicted octanol–water partition coefficient (Wildman–Crippen LogP) is 0.391. The summed E-state index contributed by atoms with van der Waals surface area (Å²) >= 11 is 0. The van der Waals surface area contributed by atoms with Gasteiger partial charge < -0.3 is 15.5 Å². The second kappa shape index (κ2) is 5.21. The van der Waals surface area contributed by atoms with Gasteiger partial charge in [0.2, 0.25) is 0 Å². The van der Waals surface area contributed by atoms with Crippen molar-refractivity contribution in [2.45, 2.75) is 26.0 Å². The van der Waals surface area contributed by atoms with E-state index >= 15 is 0 Å². The standard InChI is InChI=1S/C11H18N2O2/c1-11(2,12-6-7-14)10-5-3-4-9(8-15)13-10/h3-5,12,14-15H,6-8H2,1-2H3. The Hall–Kier alpha value is -0.970. The number of hydrogen-bond donors (Lipinski definition) is 3. The van der Waals surface area contributed by atoms with E-state index in [4.69, 9.17) is 10.2 Å². The molecule has 0 amide bonds. The zero-order valence-electron chi connectivity index (χ0n) is 9.20. The van der Waals surface area contributed by atoms with Crippen LogP contribution in [0.3, 0.4) is 0 Å². The average molecular weight is 210 g/mol. The molecule has 1 heterocycles. The van der Waals surface area contributed by atoms with Crippen LogP contribution in [-0.4, -0.2) is 28.3 Å². The lowest BCUT2D eigenvalue weighted by atomic mass is 9.99. The molecular weight excluding hydrogens is 192 g/mol. The number of aliphatic hydroxyl groups excluding tert-OH is 2. The molecule has 4 heteroatoms. The zero-order chi connectivity index (χ0) is 11.3. The number of rotatable bonds is 5. The van der Waals surface area contributed by atoms with Crippen LogP contribution in [0.1, 0.15) is 25.2 Å². The molecule has 4 nitrogen and oxygen atoms in total. The third-order valence-electron chi connectivity index (χ3n) is 2.29. The molecule has 0 aliphatic heterocycles. The molecule has 15 heavy (non-hydrogen) atoms. The minimum Gasteiger partial charge on any atom is -0.395 e. The van der Waals surface area contributed by atoms with Gasteiger partial charge in [0.15, 0.2) is 0 Å². The first-order valence-electron chi connectivity index (χ1n) is 5.03. The Bertz CT molecular complexity index is 313. The van der Waals surface area contributed by atoms with E-state index in [1.165, 1.54) is 0 Å². The largest absolute Gasteiger partial charge is 0.395 e. The van der Waals surface area contributed by atoms with Crippen LogP contribution in [0, 0.1) is 0 Å². The molecule has 0 aromatic carbocycles. The SMILES string of the molecule is CC(C)(NCCO)c1cccc(CO)n1. The van der Waals surface area contributed by atoms with Gasteiger partial charge in [0.25, 0.3) is 0 Å². The normalized spacial score (nSPS) is 11.7. The van der Waals surface area contributed by atoms with Crippen molar-refractivity contribution in [3.05, 3.63) is 29.6 Å². The highest BCUT2D eigenvalue weighted by molar-refractivity contribution is 5.17. The van der Waals surface area contributed by atoms with E-state index in [1.807, 2.05) is 26.0 Å². The lowest BCUT2D eigenvalue weighted by Gasteiger charge is -2.25. The van der Waals surface area contributed by atoms with Crippen molar-refractivity contribution in [3.8, 4) is 0 Å². The third kappa shape index (κ3) is 3.27. The third-order valence-corrected chi connectivity index (χ3v) is 2.29. The maximum absolute atomic E-state index is 8.98.